The Morgan fingerprint density at radius 1 is 1.38 bits per heavy atom. The zero-order chi connectivity index (χ0) is 8.77. The van der Waals surface area contributed by atoms with Crippen LogP contribution < -0.4 is 5.73 Å². The molecule has 3 nitrogen and oxygen atoms in total. The van der Waals surface area contributed by atoms with Crippen molar-refractivity contribution >= 4 is 18.4 Å². The first-order valence-electron chi connectivity index (χ1n) is 4.67. The smallest absolute Gasteiger partial charge is 0.323 e. The number of fused-ring (bicyclic) bond motifs is 1. The standard InChI is InChI=1S/C9H15NO2.ClH/c10-9(8(11)12)5-4-6-2-1-3-7(6)9;/h6-7H,1-5,10H2,(H,11,12);1H/t6-,7-,9?;/m0./s1. The van der Waals surface area contributed by atoms with Crippen molar-refractivity contribution in [3.05, 3.63) is 0 Å². The highest BCUT2D eigenvalue weighted by Gasteiger charge is 2.52. The summed E-state index contributed by atoms with van der Waals surface area (Å²) in [5, 5.41) is 8.99. The van der Waals surface area contributed by atoms with Crippen molar-refractivity contribution in [3.63, 3.8) is 0 Å². The summed E-state index contributed by atoms with van der Waals surface area (Å²) in [6.07, 6.45) is 5.08. The second kappa shape index (κ2) is 3.46. The maximum Gasteiger partial charge on any atom is 0.323 e. The summed E-state index contributed by atoms with van der Waals surface area (Å²) in [5.74, 6) is 0.0676. The Morgan fingerprint density at radius 2 is 2.08 bits per heavy atom. The van der Waals surface area contributed by atoms with E-state index in [1.807, 2.05) is 0 Å². The van der Waals surface area contributed by atoms with Crippen LogP contribution in [0.5, 0.6) is 0 Å². The fourth-order valence-corrected chi connectivity index (χ4v) is 2.94. The largest absolute Gasteiger partial charge is 0.480 e. The van der Waals surface area contributed by atoms with E-state index in [4.69, 9.17) is 10.8 Å². The van der Waals surface area contributed by atoms with E-state index in [2.05, 4.69) is 0 Å². The van der Waals surface area contributed by atoms with Crippen LogP contribution in [0, 0.1) is 11.8 Å². The van der Waals surface area contributed by atoms with Crippen LogP contribution in [0.25, 0.3) is 0 Å². The average Bonchev–Trinajstić information content (AvgIpc) is 2.54. The molecule has 0 aliphatic heterocycles. The van der Waals surface area contributed by atoms with Crippen LogP contribution in [-0.4, -0.2) is 16.6 Å². The molecule has 4 heteroatoms. The Morgan fingerprint density at radius 3 is 2.69 bits per heavy atom. The van der Waals surface area contributed by atoms with Crippen molar-refractivity contribution in [3.8, 4) is 0 Å². The Bertz CT molecular complexity index is 222. The van der Waals surface area contributed by atoms with Gasteiger partial charge in [-0.05, 0) is 31.1 Å². The topological polar surface area (TPSA) is 63.3 Å². The molecule has 0 saturated heterocycles. The molecule has 2 aliphatic rings. The molecule has 0 aromatic carbocycles. The van der Waals surface area contributed by atoms with Crippen molar-refractivity contribution in [2.75, 3.05) is 0 Å². The van der Waals surface area contributed by atoms with E-state index >= 15 is 0 Å². The molecule has 0 aromatic rings. The van der Waals surface area contributed by atoms with Gasteiger partial charge in [-0.15, -0.1) is 12.4 Å². The highest BCUT2D eigenvalue weighted by Crippen LogP contribution is 2.48. The van der Waals surface area contributed by atoms with E-state index in [9.17, 15) is 4.79 Å². The summed E-state index contributed by atoms with van der Waals surface area (Å²) in [5.41, 5.74) is 5.00. The Kier molecular flexibility index (Phi) is 2.88. The molecule has 76 valence electrons. The van der Waals surface area contributed by atoms with Gasteiger partial charge in [-0.2, -0.15) is 0 Å². The van der Waals surface area contributed by atoms with Gasteiger partial charge < -0.3 is 10.8 Å². The second-order valence-corrected chi connectivity index (χ2v) is 4.18. The van der Waals surface area contributed by atoms with Crippen LogP contribution in [0.3, 0.4) is 0 Å². The van der Waals surface area contributed by atoms with E-state index in [0.717, 1.165) is 12.8 Å². The normalized spacial score (nSPS) is 42.5. The summed E-state index contributed by atoms with van der Waals surface area (Å²) in [4.78, 5) is 10.9. The Balaban J connectivity index is 0.000000845. The van der Waals surface area contributed by atoms with Crippen LogP contribution in [0.2, 0.25) is 0 Å². The van der Waals surface area contributed by atoms with Crippen LogP contribution in [0.15, 0.2) is 0 Å². The Hall–Kier alpha value is -0.280. The number of aliphatic carboxylic acids is 1. The van der Waals surface area contributed by atoms with Gasteiger partial charge in [-0.25, -0.2) is 0 Å². The minimum absolute atomic E-state index is 0. The third kappa shape index (κ3) is 1.44. The van der Waals surface area contributed by atoms with Gasteiger partial charge in [0.15, 0.2) is 0 Å². The van der Waals surface area contributed by atoms with Gasteiger partial charge in [-0.1, -0.05) is 12.8 Å². The highest BCUT2D eigenvalue weighted by atomic mass is 35.5. The lowest BCUT2D eigenvalue weighted by molar-refractivity contribution is -0.144. The Labute approximate surface area is 84.1 Å². The summed E-state index contributed by atoms with van der Waals surface area (Å²) < 4.78 is 0. The van der Waals surface area contributed by atoms with E-state index in [0.29, 0.717) is 12.3 Å². The van der Waals surface area contributed by atoms with E-state index in [1.54, 1.807) is 0 Å². The molecule has 2 aliphatic carbocycles. The van der Waals surface area contributed by atoms with E-state index in [-0.39, 0.29) is 18.3 Å². The minimum atomic E-state index is -0.888. The van der Waals surface area contributed by atoms with Crippen molar-refractivity contribution in [2.24, 2.45) is 17.6 Å². The van der Waals surface area contributed by atoms with Crippen LogP contribution >= 0.6 is 12.4 Å². The molecule has 3 atom stereocenters. The summed E-state index contributed by atoms with van der Waals surface area (Å²) >= 11 is 0. The zero-order valence-electron chi connectivity index (χ0n) is 7.53. The molecular formula is C9H16ClNO2. The molecule has 2 rings (SSSR count). The number of hydrogen-bond acceptors (Lipinski definition) is 2. The predicted molar refractivity (Wildman–Crippen MR) is 51.9 cm³/mol. The van der Waals surface area contributed by atoms with Crippen LogP contribution in [-0.2, 0) is 4.79 Å². The number of carboxylic acids is 1. The number of nitrogens with two attached hydrogens (primary N) is 1. The summed E-state index contributed by atoms with van der Waals surface area (Å²) in [6.45, 7) is 0. The van der Waals surface area contributed by atoms with Crippen molar-refractivity contribution < 1.29 is 9.90 Å². The molecule has 1 unspecified atom stereocenters. The first-order chi connectivity index (χ1) is 5.64. The fourth-order valence-electron chi connectivity index (χ4n) is 2.94. The molecule has 2 saturated carbocycles. The quantitative estimate of drug-likeness (QED) is 0.680. The number of halogens is 1. The van der Waals surface area contributed by atoms with Gasteiger partial charge in [0, 0.05) is 0 Å². The van der Waals surface area contributed by atoms with Gasteiger partial charge >= 0.3 is 5.97 Å². The monoisotopic (exact) mass is 205 g/mol. The lowest BCUT2D eigenvalue weighted by atomic mass is 9.85. The average molecular weight is 206 g/mol. The number of carboxylic acid groups (broad SMARTS) is 1. The number of rotatable bonds is 1. The van der Waals surface area contributed by atoms with Gasteiger partial charge in [0.1, 0.15) is 5.54 Å². The molecule has 2 fully saturated rings. The molecule has 0 amide bonds. The van der Waals surface area contributed by atoms with Crippen molar-refractivity contribution in [1.29, 1.82) is 0 Å². The highest BCUT2D eigenvalue weighted by molar-refractivity contribution is 5.85. The maximum absolute atomic E-state index is 10.9. The third-order valence-electron chi connectivity index (χ3n) is 3.65. The number of hydrogen-bond donors (Lipinski definition) is 2. The fraction of sp³-hybridized carbons (Fsp3) is 0.889. The van der Waals surface area contributed by atoms with Gasteiger partial charge in [-0.3, -0.25) is 4.79 Å². The maximum atomic E-state index is 10.9. The van der Waals surface area contributed by atoms with Gasteiger partial charge in [0.2, 0.25) is 0 Å². The molecule has 0 aromatic heterocycles. The van der Waals surface area contributed by atoms with Gasteiger partial charge in [0.25, 0.3) is 0 Å². The number of carbonyl (C=O) groups is 1. The SMILES string of the molecule is Cl.NC1(C(=O)O)CC[C@@H]2CCC[C@@H]21. The zero-order valence-corrected chi connectivity index (χ0v) is 8.35. The molecule has 0 heterocycles. The summed E-state index contributed by atoms with van der Waals surface area (Å²) in [6, 6.07) is 0. The van der Waals surface area contributed by atoms with Crippen LogP contribution in [0.4, 0.5) is 0 Å². The van der Waals surface area contributed by atoms with E-state index < -0.39 is 11.5 Å². The molecule has 0 bridgehead atoms. The molecule has 0 radical (unpaired) electrons. The van der Waals surface area contributed by atoms with Gasteiger partial charge in [0.05, 0.1) is 0 Å². The second-order valence-electron chi connectivity index (χ2n) is 4.18. The minimum Gasteiger partial charge on any atom is -0.480 e. The van der Waals surface area contributed by atoms with Crippen LogP contribution in [0.1, 0.15) is 32.1 Å². The first-order valence-corrected chi connectivity index (χ1v) is 4.67. The molecular weight excluding hydrogens is 190 g/mol. The predicted octanol–water partition coefficient (Wildman–Crippen LogP) is 1.40. The third-order valence-corrected chi connectivity index (χ3v) is 3.65. The van der Waals surface area contributed by atoms with Crippen molar-refractivity contribution in [1.82, 2.24) is 0 Å². The lowest BCUT2D eigenvalue weighted by Gasteiger charge is -2.25. The first kappa shape index (κ1) is 10.8. The van der Waals surface area contributed by atoms with Crippen molar-refractivity contribution in [2.45, 2.75) is 37.6 Å². The molecule has 3 N–H and O–H groups in total. The lowest BCUT2D eigenvalue weighted by Crippen LogP contribution is -2.51. The summed E-state index contributed by atoms with van der Waals surface area (Å²) in [7, 11) is 0. The van der Waals surface area contributed by atoms with E-state index in [1.165, 1.54) is 12.8 Å². The molecule has 0 spiro atoms. The molecule has 13 heavy (non-hydrogen) atoms.